The number of hydrogen-bond donors (Lipinski definition) is 1. The molecule has 1 aliphatic rings. The maximum atomic E-state index is 12.2. The van der Waals surface area contributed by atoms with Crippen molar-refractivity contribution in [3.63, 3.8) is 0 Å². The monoisotopic (exact) mass is 370 g/mol. The van der Waals surface area contributed by atoms with E-state index in [4.69, 9.17) is 0 Å². The lowest BCUT2D eigenvalue weighted by atomic mass is 9.99. The molecule has 1 N–H and O–H groups in total. The molecule has 1 atom stereocenters. The van der Waals surface area contributed by atoms with Gasteiger partial charge in [-0.05, 0) is 25.3 Å². The number of benzene rings is 1. The van der Waals surface area contributed by atoms with Crippen molar-refractivity contribution in [3.05, 3.63) is 35.4 Å². The highest BCUT2D eigenvalue weighted by atomic mass is 32.2. The molecule has 1 saturated heterocycles. The molecule has 134 valence electrons. The SMILES string of the molecule is Cc1cccc(CSCCNC(=O)[C@H]2CCCN(S(C)(=O)=O)C2)c1. The van der Waals surface area contributed by atoms with E-state index in [9.17, 15) is 13.2 Å². The summed E-state index contributed by atoms with van der Waals surface area (Å²) in [5.41, 5.74) is 2.55. The smallest absolute Gasteiger partial charge is 0.224 e. The third kappa shape index (κ3) is 6.11. The minimum absolute atomic E-state index is 0.0282. The van der Waals surface area contributed by atoms with Gasteiger partial charge in [-0.2, -0.15) is 11.8 Å². The quantitative estimate of drug-likeness (QED) is 0.746. The van der Waals surface area contributed by atoms with Crippen molar-refractivity contribution in [2.75, 3.05) is 31.6 Å². The predicted molar refractivity (Wildman–Crippen MR) is 99.5 cm³/mol. The Bertz CT molecular complexity index is 662. The van der Waals surface area contributed by atoms with Crippen molar-refractivity contribution in [3.8, 4) is 0 Å². The Kier molecular flexibility index (Phi) is 7.13. The normalized spacial score (nSPS) is 19.2. The van der Waals surface area contributed by atoms with E-state index in [0.29, 0.717) is 19.6 Å². The number of hydrogen-bond acceptors (Lipinski definition) is 4. The summed E-state index contributed by atoms with van der Waals surface area (Å²) in [5.74, 6) is 1.53. The second kappa shape index (κ2) is 8.87. The molecule has 5 nitrogen and oxygen atoms in total. The molecule has 0 radical (unpaired) electrons. The summed E-state index contributed by atoms with van der Waals surface area (Å²) in [6, 6.07) is 8.43. The molecule has 7 heteroatoms. The van der Waals surface area contributed by atoms with Crippen LogP contribution in [0, 0.1) is 12.8 Å². The summed E-state index contributed by atoms with van der Waals surface area (Å²) < 4.78 is 24.6. The van der Waals surface area contributed by atoms with Gasteiger partial charge in [-0.15, -0.1) is 0 Å². The van der Waals surface area contributed by atoms with Gasteiger partial charge in [-0.25, -0.2) is 12.7 Å². The number of thioether (sulfide) groups is 1. The molecule has 0 spiro atoms. The first kappa shape index (κ1) is 19.3. The van der Waals surface area contributed by atoms with E-state index in [1.54, 1.807) is 11.8 Å². The lowest BCUT2D eigenvalue weighted by Crippen LogP contribution is -2.45. The minimum Gasteiger partial charge on any atom is -0.355 e. The molecule has 0 aromatic heterocycles. The maximum Gasteiger partial charge on any atom is 0.224 e. The third-order valence-corrected chi connectivity index (χ3v) is 6.42. The van der Waals surface area contributed by atoms with Gasteiger partial charge in [-0.3, -0.25) is 4.79 Å². The molecule has 0 bridgehead atoms. The second-order valence-corrected chi connectivity index (χ2v) is 9.38. The van der Waals surface area contributed by atoms with Crippen molar-refractivity contribution in [1.82, 2.24) is 9.62 Å². The Morgan fingerprint density at radius 3 is 2.92 bits per heavy atom. The van der Waals surface area contributed by atoms with Crippen molar-refractivity contribution in [1.29, 1.82) is 0 Å². The van der Waals surface area contributed by atoms with Gasteiger partial charge in [0.25, 0.3) is 0 Å². The fraction of sp³-hybridized carbons (Fsp3) is 0.588. The van der Waals surface area contributed by atoms with Gasteiger partial charge < -0.3 is 5.32 Å². The van der Waals surface area contributed by atoms with Crippen LogP contribution in [0.15, 0.2) is 24.3 Å². The molecule has 1 amide bonds. The molecule has 1 fully saturated rings. The number of nitrogens with zero attached hydrogens (tertiary/aromatic N) is 1. The zero-order valence-electron chi connectivity index (χ0n) is 14.3. The number of aryl methyl sites for hydroxylation is 1. The number of sulfonamides is 1. The van der Waals surface area contributed by atoms with Crippen molar-refractivity contribution >= 4 is 27.7 Å². The molecule has 1 heterocycles. The van der Waals surface area contributed by atoms with Crippen LogP contribution in [0.25, 0.3) is 0 Å². The lowest BCUT2D eigenvalue weighted by Gasteiger charge is -2.30. The van der Waals surface area contributed by atoms with E-state index < -0.39 is 10.0 Å². The van der Waals surface area contributed by atoms with Crippen LogP contribution in [-0.4, -0.2) is 50.3 Å². The number of carbonyl (C=O) groups excluding carboxylic acids is 1. The first-order valence-corrected chi connectivity index (χ1v) is 11.2. The largest absolute Gasteiger partial charge is 0.355 e. The van der Waals surface area contributed by atoms with E-state index in [1.807, 2.05) is 0 Å². The fourth-order valence-electron chi connectivity index (χ4n) is 2.84. The topological polar surface area (TPSA) is 66.5 Å². The predicted octanol–water partition coefficient (Wildman–Crippen LogP) is 2.02. The first-order chi connectivity index (χ1) is 11.4. The Morgan fingerprint density at radius 2 is 2.21 bits per heavy atom. The van der Waals surface area contributed by atoms with Gasteiger partial charge in [-0.1, -0.05) is 29.8 Å². The van der Waals surface area contributed by atoms with Crippen molar-refractivity contribution < 1.29 is 13.2 Å². The van der Waals surface area contributed by atoms with Crippen molar-refractivity contribution in [2.45, 2.75) is 25.5 Å². The highest BCUT2D eigenvalue weighted by Crippen LogP contribution is 2.19. The van der Waals surface area contributed by atoms with E-state index in [1.165, 1.54) is 21.7 Å². The Morgan fingerprint density at radius 1 is 1.42 bits per heavy atom. The van der Waals surface area contributed by atoms with Crippen molar-refractivity contribution in [2.24, 2.45) is 5.92 Å². The zero-order valence-corrected chi connectivity index (χ0v) is 16.0. The standard InChI is InChI=1S/C17H26N2O3S2/c1-14-5-3-6-15(11-14)13-23-10-8-18-17(20)16-7-4-9-19(12-16)24(2,21)22/h3,5-6,11,16H,4,7-10,12-13H2,1-2H3,(H,18,20)/t16-/m0/s1. The van der Waals surface area contributed by atoms with Gasteiger partial charge in [0.2, 0.25) is 15.9 Å². The van der Waals surface area contributed by atoms with Gasteiger partial charge in [0.05, 0.1) is 12.2 Å². The summed E-state index contributed by atoms with van der Waals surface area (Å²) in [4.78, 5) is 12.2. The van der Waals surface area contributed by atoms with Crippen LogP contribution in [0.1, 0.15) is 24.0 Å². The van der Waals surface area contributed by atoms with Crippen LogP contribution < -0.4 is 5.32 Å². The molecule has 1 aromatic rings. The fourth-order valence-corrected chi connectivity index (χ4v) is 4.56. The minimum atomic E-state index is -3.21. The molecule has 24 heavy (non-hydrogen) atoms. The number of piperidine rings is 1. The highest BCUT2D eigenvalue weighted by molar-refractivity contribution is 7.98. The summed E-state index contributed by atoms with van der Waals surface area (Å²) in [5, 5.41) is 2.94. The van der Waals surface area contributed by atoms with Crippen LogP contribution in [0.5, 0.6) is 0 Å². The molecule has 0 saturated carbocycles. The Balaban J connectivity index is 1.67. The van der Waals surface area contributed by atoms with Gasteiger partial charge in [0.15, 0.2) is 0 Å². The summed E-state index contributed by atoms with van der Waals surface area (Å²) >= 11 is 1.79. The van der Waals surface area contributed by atoms with Crippen LogP contribution in [0.4, 0.5) is 0 Å². The van der Waals surface area contributed by atoms with Crippen LogP contribution in [0.2, 0.25) is 0 Å². The molecular formula is C17H26N2O3S2. The molecular weight excluding hydrogens is 344 g/mol. The maximum absolute atomic E-state index is 12.2. The van der Waals surface area contributed by atoms with E-state index in [-0.39, 0.29) is 11.8 Å². The second-order valence-electron chi connectivity index (χ2n) is 6.29. The van der Waals surface area contributed by atoms with E-state index in [0.717, 1.165) is 24.3 Å². The van der Waals surface area contributed by atoms with E-state index in [2.05, 4.69) is 36.5 Å². The molecule has 0 aliphatic carbocycles. The molecule has 0 unspecified atom stereocenters. The third-order valence-electron chi connectivity index (χ3n) is 4.12. The molecule has 1 aromatic carbocycles. The molecule has 1 aliphatic heterocycles. The summed E-state index contributed by atoms with van der Waals surface area (Å²) in [6.45, 7) is 3.53. The highest BCUT2D eigenvalue weighted by Gasteiger charge is 2.29. The van der Waals surface area contributed by atoms with Gasteiger partial charge >= 0.3 is 0 Å². The van der Waals surface area contributed by atoms with Crippen LogP contribution in [-0.2, 0) is 20.6 Å². The average molecular weight is 371 g/mol. The average Bonchev–Trinajstić information content (AvgIpc) is 2.54. The number of nitrogens with one attached hydrogen (secondary N) is 1. The Hall–Kier alpha value is -1.05. The first-order valence-electron chi connectivity index (χ1n) is 8.22. The number of carbonyl (C=O) groups is 1. The van der Waals surface area contributed by atoms with Gasteiger partial charge in [0, 0.05) is 31.1 Å². The summed E-state index contributed by atoms with van der Waals surface area (Å²) in [6.07, 6.45) is 2.71. The van der Waals surface area contributed by atoms with E-state index >= 15 is 0 Å². The lowest BCUT2D eigenvalue weighted by molar-refractivity contribution is -0.125. The van der Waals surface area contributed by atoms with Crippen LogP contribution in [0.3, 0.4) is 0 Å². The Labute approximate surface area is 149 Å². The number of rotatable bonds is 7. The summed E-state index contributed by atoms with van der Waals surface area (Å²) in [7, 11) is -3.21. The van der Waals surface area contributed by atoms with Crippen LogP contribution >= 0.6 is 11.8 Å². The zero-order chi connectivity index (χ0) is 17.6. The van der Waals surface area contributed by atoms with Gasteiger partial charge in [0.1, 0.15) is 0 Å². The number of amides is 1. The molecule has 2 rings (SSSR count).